The molecule has 1 N–H and O–H groups in total. The lowest BCUT2D eigenvalue weighted by molar-refractivity contribution is 0.574. The first kappa shape index (κ1) is 15.7. The van der Waals surface area contributed by atoms with Crippen LogP contribution in [-0.2, 0) is 10.0 Å². The molecule has 4 nitrogen and oxygen atoms in total. The number of benzene rings is 1. The molecule has 0 atom stereocenters. The normalized spacial score (nSPS) is 15.3. The maximum Gasteiger partial charge on any atom is 0.242 e. The summed E-state index contributed by atoms with van der Waals surface area (Å²) in [7, 11) is -3.87. The van der Waals surface area contributed by atoms with E-state index in [2.05, 4.69) is 10.8 Å². The van der Waals surface area contributed by atoms with Crippen LogP contribution in [0.15, 0.2) is 34.7 Å². The Hall–Kier alpha value is -1.71. The Labute approximate surface area is 124 Å². The lowest BCUT2D eigenvalue weighted by Gasteiger charge is -2.13. The van der Waals surface area contributed by atoms with Gasteiger partial charge >= 0.3 is 0 Å². The number of nitrogens with one attached hydrogen (secondary N) is 1. The van der Waals surface area contributed by atoms with Crippen LogP contribution in [0.5, 0.6) is 0 Å². The molecule has 0 spiro atoms. The van der Waals surface area contributed by atoms with Gasteiger partial charge in [-0.15, -0.1) is 0 Å². The molecule has 0 radical (unpaired) electrons. The fraction of sp³-hybridized carbons (Fsp3) is 0.400. The summed E-state index contributed by atoms with van der Waals surface area (Å²) < 4.78 is 40.2. The summed E-state index contributed by atoms with van der Waals surface area (Å²) in [4.78, 5) is -0.303. The van der Waals surface area contributed by atoms with Crippen molar-refractivity contribution < 1.29 is 12.8 Å². The van der Waals surface area contributed by atoms with Crippen molar-refractivity contribution in [3.05, 3.63) is 41.2 Å². The van der Waals surface area contributed by atoms with Crippen molar-refractivity contribution in [3.8, 4) is 6.07 Å². The number of nitriles is 1. The smallest absolute Gasteiger partial charge is 0.211 e. The molecule has 1 aliphatic rings. The van der Waals surface area contributed by atoms with Crippen LogP contribution in [0.25, 0.3) is 0 Å². The minimum absolute atomic E-state index is 0.259. The third kappa shape index (κ3) is 3.90. The van der Waals surface area contributed by atoms with E-state index in [-0.39, 0.29) is 11.4 Å². The van der Waals surface area contributed by atoms with Crippen LogP contribution >= 0.6 is 0 Å². The van der Waals surface area contributed by atoms with Gasteiger partial charge in [0.25, 0.3) is 0 Å². The van der Waals surface area contributed by atoms with Crippen molar-refractivity contribution >= 4 is 10.0 Å². The number of hydrogen-bond acceptors (Lipinski definition) is 3. The number of hydrogen-bond donors (Lipinski definition) is 1. The van der Waals surface area contributed by atoms with Crippen LogP contribution < -0.4 is 4.72 Å². The zero-order valence-corrected chi connectivity index (χ0v) is 12.4. The summed E-state index contributed by atoms with van der Waals surface area (Å²) in [6.45, 7) is 0.259. The summed E-state index contributed by atoms with van der Waals surface area (Å²) in [5, 5.41) is 8.90. The maximum atomic E-state index is 13.5. The van der Waals surface area contributed by atoms with Crippen molar-refractivity contribution in [2.75, 3.05) is 6.54 Å². The SMILES string of the molecule is N#Cc1c(F)cccc1S(=O)(=O)NCCC1=CCCCC1. The van der Waals surface area contributed by atoms with Gasteiger partial charge in [0.2, 0.25) is 10.0 Å². The van der Waals surface area contributed by atoms with E-state index in [0.717, 1.165) is 25.3 Å². The largest absolute Gasteiger partial charge is 0.242 e. The Morgan fingerprint density at radius 3 is 2.81 bits per heavy atom. The number of halogens is 1. The molecule has 1 aliphatic carbocycles. The fourth-order valence-corrected chi connectivity index (χ4v) is 3.59. The highest BCUT2D eigenvalue weighted by Crippen LogP contribution is 2.21. The molecule has 1 aromatic rings. The highest BCUT2D eigenvalue weighted by molar-refractivity contribution is 7.89. The van der Waals surface area contributed by atoms with E-state index in [4.69, 9.17) is 5.26 Å². The molecule has 0 aliphatic heterocycles. The number of sulfonamides is 1. The average molecular weight is 308 g/mol. The first-order valence-corrected chi connectivity index (χ1v) is 8.39. The highest BCUT2D eigenvalue weighted by Gasteiger charge is 2.20. The quantitative estimate of drug-likeness (QED) is 0.850. The van der Waals surface area contributed by atoms with Gasteiger partial charge in [-0.25, -0.2) is 17.5 Å². The molecule has 112 valence electrons. The molecule has 0 amide bonds. The summed E-state index contributed by atoms with van der Waals surface area (Å²) in [5.74, 6) is -0.824. The van der Waals surface area contributed by atoms with Gasteiger partial charge in [-0.1, -0.05) is 17.7 Å². The predicted molar refractivity (Wildman–Crippen MR) is 77.5 cm³/mol. The van der Waals surface area contributed by atoms with Gasteiger partial charge in [0.05, 0.1) is 0 Å². The maximum absolute atomic E-state index is 13.5. The summed E-state index contributed by atoms with van der Waals surface area (Å²) in [6.07, 6.45) is 7.18. The first-order valence-electron chi connectivity index (χ1n) is 6.91. The van der Waals surface area contributed by atoms with Crippen LogP contribution in [0.1, 0.15) is 37.7 Å². The molecule has 6 heteroatoms. The third-order valence-corrected chi connectivity index (χ3v) is 5.00. The minimum Gasteiger partial charge on any atom is -0.211 e. The van der Waals surface area contributed by atoms with Gasteiger partial charge in [-0.3, -0.25) is 0 Å². The Balaban J connectivity index is 2.07. The minimum atomic E-state index is -3.87. The monoisotopic (exact) mass is 308 g/mol. The fourth-order valence-electron chi connectivity index (χ4n) is 2.39. The van der Waals surface area contributed by atoms with Gasteiger partial charge in [-0.2, -0.15) is 5.26 Å². The van der Waals surface area contributed by atoms with Gasteiger partial charge < -0.3 is 0 Å². The zero-order valence-electron chi connectivity index (χ0n) is 11.6. The Morgan fingerprint density at radius 1 is 1.33 bits per heavy atom. The molecule has 0 aromatic heterocycles. The van der Waals surface area contributed by atoms with Crippen molar-refractivity contribution in [3.63, 3.8) is 0 Å². The molecule has 0 saturated carbocycles. The van der Waals surface area contributed by atoms with E-state index in [1.807, 2.05) is 0 Å². The molecular weight excluding hydrogens is 291 g/mol. The lowest BCUT2D eigenvalue weighted by Crippen LogP contribution is -2.26. The first-order chi connectivity index (χ1) is 10.0. The van der Waals surface area contributed by atoms with Crippen LogP contribution in [0.2, 0.25) is 0 Å². The van der Waals surface area contributed by atoms with E-state index in [1.165, 1.54) is 24.1 Å². The number of nitrogens with zero attached hydrogens (tertiary/aromatic N) is 1. The molecule has 0 fully saturated rings. The van der Waals surface area contributed by atoms with Crippen molar-refractivity contribution in [2.24, 2.45) is 0 Å². The van der Waals surface area contributed by atoms with E-state index in [0.29, 0.717) is 6.42 Å². The molecule has 21 heavy (non-hydrogen) atoms. The molecule has 0 unspecified atom stereocenters. The molecule has 0 bridgehead atoms. The van der Waals surface area contributed by atoms with Gasteiger partial charge in [0.1, 0.15) is 22.3 Å². The Morgan fingerprint density at radius 2 is 2.14 bits per heavy atom. The van der Waals surface area contributed by atoms with Crippen LogP contribution in [-0.4, -0.2) is 15.0 Å². The van der Waals surface area contributed by atoms with Crippen molar-refractivity contribution in [1.82, 2.24) is 4.72 Å². The Bertz CT molecular complexity index is 690. The molecule has 0 heterocycles. The van der Waals surface area contributed by atoms with Gasteiger partial charge in [0, 0.05) is 6.54 Å². The van der Waals surface area contributed by atoms with Crippen LogP contribution in [0, 0.1) is 17.1 Å². The lowest BCUT2D eigenvalue weighted by atomic mass is 9.97. The number of allylic oxidation sites excluding steroid dienone is 1. The Kier molecular flexibility index (Phi) is 5.10. The highest BCUT2D eigenvalue weighted by atomic mass is 32.2. The van der Waals surface area contributed by atoms with E-state index < -0.39 is 21.4 Å². The molecule has 2 rings (SSSR count). The second kappa shape index (κ2) is 6.83. The second-order valence-corrected chi connectivity index (χ2v) is 6.72. The standard InChI is InChI=1S/C15H17FN2O2S/c16-14-7-4-8-15(13(14)11-17)21(19,20)18-10-9-12-5-2-1-3-6-12/h4-5,7-8,18H,1-3,6,9-10H2. The summed E-state index contributed by atoms with van der Waals surface area (Å²) >= 11 is 0. The van der Waals surface area contributed by atoms with Crippen molar-refractivity contribution in [1.29, 1.82) is 5.26 Å². The molecule has 1 aromatic carbocycles. The van der Waals surface area contributed by atoms with E-state index in [9.17, 15) is 12.8 Å². The van der Waals surface area contributed by atoms with E-state index >= 15 is 0 Å². The van der Waals surface area contributed by atoms with Crippen LogP contribution in [0.4, 0.5) is 4.39 Å². The molecule has 0 saturated heterocycles. The third-order valence-electron chi connectivity index (χ3n) is 3.50. The number of rotatable bonds is 5. The van der Waals surface area contributed by atoms with Crippen LogP contribution in [0.3, 0.4) is 0 Å². The van der Waals surface area contributed by atoms with E-state index in [1.54, 1.807) is 6.07 Å². The second-order valence-electron chi connectivity index (χ2n) is 4.98. The van der Waals surface area contributed by atoms with Gasteiger partial charge in [-0.05, 0) is 44.2 Å². The molecular formula is C15H17FN2O2S. The van der Waals surface area contributed by atoms with Gasteiger partial charge in [0.15, 0.2) is 0 Å². The zero-order chi connectivity index (χ0) is 15.3. The topological polar surface area (TPSA) is 70.0 Å². The average Bonchev–Trinajstić information content (AvgIpc) is 2.48. The summed E-state index contributed by atoms with van der Waals surface area (Å²) in [6, 6.07) is 5.20. The summed E-state index contributed by atoms with van der Waals surface area (Å²) in [5.41, 5.74) is 0.811. The van der Waals surface area contributed by atoms with Crippen molar-refractivity contribution in [2.45, 2.75) is 37.0 Å². The predicted octanol–water partition coefficient (Wildman–Crippen LogP) is 2.87.